The summed E-state index contributed by atoms with van der Waals surface area (Å²) in [6.45, 7) is 0.995. The molecule has 3 amide bonds. The minimum atomic E-state index is -1.12. The Labute approximate surface area is 175 Å². The lowest BCUT2D eigenvalue weighted by Gasteiger charge is -2.32. The highest BCUT2D eigenvalue weighted by Crippen LogP contribution is 2.43. The second kappa shape index (κ2) is 7.35. The summed E-state index contributed by atoms with van der Waals surface area (Å²) in [5.74, 6) is 0.0957. The Hall–Kier alpha value is -3.02. The summed E-state index contributed by atoms with van der Waals surface area (Å²) in [6.07, 6.45) is 6.70. The Morgan fingerprint density at radius 1 is 1.07 bits per heavy atom. The number of piperidine rings is 1. The number of fused-ring (bicyclic) bond motifs is 2. The van der Waals surface area contributed by atoms with Gasteiger partial charge in [0, 0.05) is 37.8 Å². The fraction of sp³-hybridized carbons (Fsp3) is 0.417. The van der Waals surface area contributed by atoms with E-state index in [9.17, 15) is 14.4 Å². The van der Waals surface area contributed by atoms with Crippen LogP contribution in [0.4, 0.5) is 0 Å². The van der Waals surface area contributed by atoms with E-state index in [0.29, 0.717) is 12.0 Å². The van der Waals surface area contributed by atoms with Crippen molar-refractivity contribution in [2.24, 2.45) is 5.92 Å². The van der Waals surface area contributed by atoms with Crippen LogP contribution in [0, 0.1) is 5.92 Å². The van der Waals surface area contributed by atoms with Gasteiger partial charge in [0.2, 0.25) is 17.7 Å². The summed E-state index contributed by atoms with van der Waals surface area (Å²) < 4.78 is 0. The highest BCUT2D eigenvalue weighted by molar-refractivity contribution is 6.10. The molecule has 3 atom stereocenters. The normalized spacial score (nSPS) is 27.9. The van der Waals surface area contributed by atoms with Crippen molar-refractivity contribution in [2.75, 3.05) is 6.54 Å². The number of hydrogen-bond acceptors (Lipinski definition) is 4. The highest BCUT2D eigenvalue weighted by atomic mass is 16.2. The van der Waals surface area contributed by atoms with Gasteiger partial charge in [-0.3, -0.25) is 24.3 Å². The molecule has 30 heavy (non-hydrogen) atoms. The molecule has 2 aromatic rings. The van der Waals surface area contributed by atoms with Gasteiger partial charge in [0.25, 0.3) is 0 Å². The van der Waals surface area contributed by atoms with Crippen molar-refractivity contribution in [3.05, 3.63) is 66.0 Å². The molecule has 6 nitrogen and oxygen atoms in total. The number of nitrogens with zero attached hydrogens (tertiary/aromatic N) is 3. The number of carbonyl (C=O) groups excluding carboxylic acids is 3. The quantitative estimate of drug-likeness (QED) is 0.720. The lowest BCUT2D eigenvalue weighted by Crippen LogP contribution is -2.45. The van der Waals surface area contributed by atoms with Crippen LogP contribution in [0.1, 0.15) is 43.2 Å². The zero-order valence-corrected chi connectivity index (χ0v) is 16.9. The molecular weight excluding hydrogens is 378 g/mol. The summed E-state index contributed by atoms with van der Waals surface area (Å²) in [7, 11) is 0. The monoisotopic (exact) mass is 403 g/mol. The SMILES string of the molecule is O=C1C[C@@](CC(=O)N2C[C@H]3CC[C@@H]2C3)(c2ccccc2)C(=O)N1Cc1ccncc1. The molecule has 2 saturated heterocycles. The van der Waals surface area contributed by atoms with Gasteiger partial charge >= 0.3 is 0 Å². The number of imide groups is 1. The first-order valence-electron chi connectivity index (χ1n) is 10.7. The van der Waals surface area contributed by atoms with Gasteiger partial charge in [0.1, 0.15) is 0 Å². The van der Waals surface area contributed by atoms with Crippen molar-refractivity contribution in [1.29, 1.82) is 0 Å². The lowest BCUT2D eigenvalue weighted by atomic mass is 9.75. The van der Waals surface area contributed by atoms with Gasteiger partial charge in [0.15, 0.2) is 0 Å². The first kappa shape index (κ1) is 19.0. The maximum absolute atomic E-state index is 13.7. The zero-order chi connectivity index (χ0) is 20.7. The Balaban J connectivity index is 1.46. The van der Waals surface area contributed by atoms with Crippen LogP contribution in [0.3, 0.4) is 0 Å². The lowest BCUT2D eigenvalue weighted by molar-refractivity contribution is -0.143. The van der Waals surface area contributed by atoms with E-state index in [1.807, 2.05) is 35.2 Å². The fourth-order valence-corrected chi connectivity index (χ4v) is 5.44. The third-order valence-corrected chi connectivity index (χ3v) is 7.01. The minimum Gasteiger partial charge on any atom is -0.339 e. The van der Waals surface area contributed by atoms with Crippen LogP contribution in [0.2, 0.25) is 0 Å². The Morgan fingerprint density at radius 2 is 1.83 bits per heavy atom. The molecule has 3 heterocycles. The van der Waals surface area contributed by atoms with Gasteiger partial charge in [-0.15, -0.1) is 0 Å². The topological polar surface area (TPSA) is 70.6 Å². The Kier molecular flexibility index (Phi) is 4.65. The summed E-state index contributed by atoms with van der Waals surface area (Å²) in [5.41, 5.74) is 0.474. The first-order chi connectivity index (χ1) is 14.6. The standard InChI is InChI=1S/C24H25N3O3/c28-21(26-16-18-6-7-20(26)12-18)13-24(19-4-2-1-3-5-19)14-22(29)27(23(24)30)15-17-8-10-25-11-9-17/h1-5,8-11,18,20H,6-7,12-16H2/t18-,20+,24-/m0/s1. The maximum atomic E-state index is 13.7. The second-order valence-electron chi connectivity index (χ2n) is 8.82. The van der Waals surface area contributed by atoms with E-state index >= 15 is 0 Å². The smallest absolute Gasteiger partial charge is 0.241 e. The van der Waals surface area contributed by atoms with Crippen molar-refractivity contribution >= 4 is 17.7 Å². The van der Waals surface area contributed by atoms with Crippen molar-refractivity contribution in [1.82, 2.24) is 14.8 Å². The van der Waals surface area contributed by atoms with Gasteiger partial charge in [-0.25, -0.2) is 0 Å². The zero-order valence-electron chi connectivity index (χ0n) is 16.9. The molecule has 0 radical (unpaired) electrons. The molecule has 0 unspecified atom stereocenters. The molecule has 0 N–H and O–H groups in total. The van der Waals surface area contributed by atoms with Crippen LogP contribution in [0.15, 0.2) is 54.9 Å². The maximum Gasteiger partial charge on any atom is 0.241 e. The molecule has 3 aliphatic rings. The molecule has 1 aliphatic carbocycles. The summed E-state index contributed by atoms with van der Waals surface area (Å²) in [4.78, 5) is 47.2. The van der Waals surface area contributed by atoms with E-state index in [1.165, 1.54) is 11.3 Å². The predicted octanol–water partition coefficient (Wildman–Crippen LogP) is 2.68. The summed E-state index contributed by atoms with van der Waals surface area (Å²) in [6, 6.07) is 13.2. The number of rotatable bonds is 5. The van der Waals surface area contributed by atoms with Gasteiger partial charge in [-0.1, -0.05) is 30.3 Å². The molecule has 2 bridgehead atoms. The van der Waals surface area contributed by atoms with Gasteiger partial charge in [-0.2, -0.15) is 0 Å². The molecular formula is C24H25N3O3. The Morgan fingerprint density at radius 3 is 2.50 bits per heavy atom. The fourth-order valence-electron chi connectivity index (χ4n) is 5.44. The van der Waals surface area contributed by atoms with E-state index in [2.05, 4.69) is 4.98 Å². The minimum absolute atomic E-state index is 0.00189. The van der Waals surface area contributed by atoms with Crippen LogP contribution in [0.5, 0.6) is 0 Å². The van der Waals surface area contributed by atoms with Crippen molar-refractivity contribution < 1.29 is 14.4 Å². The molecule has 6 heteroatoms. The van der Waals surface area contributed by atoms with Crippen LogP contribution in [0.25, 0.3) is 0 Å². The van der Waals surface area contributed by atoms with E-state index in [1.54, 1.807) is 24.5 Å². The molecule has 0 spiro atoms. The predicted molar refractivity (Wildman–Crippen MR) is 110 cm³/mol. The van der Waals surface area contributed by atoms with Crippen LogP contribution in [-0.4, -0.2) is 45.1 Å². The number of likely N-dealkylation sites (tertiary alicyclic amines) is 2. The van der Waals surface area contributed by atoms with Gasteiger partial charge in [0.05, 0.1) is 12.0 Å². The average molecular weight is 403 g/mol. The molecule has 2 aliphatic heterocycles. The van der Waals surface area contributed by atoms with Gasteiger partial charge in [-0.05, 0) is 48.4 Å². The van der Waals surface area contributed by atoms with Crippen molar-refractivity contribution in [2.45, 2.75) is 50.1 Å². The van der Waals surface area contributed by atoms with E-state index in [-0.39, 0.29) is 37.1 Å². The number of amides is 3. The number of carbonyl (C=O) groups is 3. The third-order valence-electron chi connectivity index (χ3n) is 7.01. The van der Waals surface area contributed by atoms with Crippen LogP contribution < -0.4 is 0 Å². The number of benzene rings is 1. The number of aromatic nitrogens is 1. The van der Waals surface area contributed by atoms with Crippen molar-refractivity contribution in [3.8, 4) is 0 Å². The Bertz CT molecular complexity index is 978. The van der Waals surface area contributed by atoms with Gasteiger partial charge < -0.3 is 4.90 Å². The highest BCUT2D eigenvalue weighted by Gasteiger charge is 2.55. The van der Waals surface area contributed by atoms with Crippen LogP contribution in [-0.2, 0) is 26.3 Å². The molecule has 5 rings (SSSR count). The molecule has 154 valence electrons. The van der Waals surface area contributed by atoms with E-state index in [0.717, 1.165) is 30.5 Å². The largest absolute Gasteiger partial charge is 0.339 e. The molecule has 1 aromatic carbocycles. The molecule has 3 fully saturated rings. The molecule has 1 saturated carbocycles. The third kappa shape index (κ3) is 3.11. The van der Waals surface area contributed by atoms with E-state index in [4.69, 9.17) is 0 Å². The average Bonchev–Trinajstić information content (AvgIpc) is 3.46. The number of pyridine rings is 1. The van der Waals surface area contributed by atoms with E-state index < -0.39 is 5.41 Å². The molecule has 1 aromatic heterocycles. The first-order valence-corrected chi connectivity index (χ1v) is 10.7. The summed E-state index contributed by atoms with van der Waals surface area (Å²) >= 11 is 0. The van der Waals surface area contributed by atoms with Crippen LogP contribution >= 0.6 is 0 Å². The van der Waals surface area contributed by atoms with Crippen molar-refractivity contribution in [3.63, 3.8) is 0 Å². The number of hydrogen-bond donors (Lipinski definition) is 0. The second-order valence-corrected chi connectivity index (χ2v) is 8.82. The summed E-state index contributed by atoms with van der Waals surface area (Å²) in [5, 5.41) is 0.